The summed E-state index contributed by atoms with van der Waals surface area (Å²) in [4.78, 5) is 8.24. The van der Waals surface area contributed by atoms with E-state index in [0.29, 0.717) is 5.82 Å². The molecular weight excluding hydrogens is 257 g/mol. The van der Waals surface area contributed by atoms with Gasteiger partial charge >= 0.3 is 0 Å². The fourth-order valence-electron chi connectivity index (χ4n) is 2.43. The number of halogens is 1. The van der Waals surface area contributed by atoms with Gasteiger partial charge in [-0.1, -0.05) is 6.07 Å². The van der Waals surface area contributed by atoms with Crippen LogP contribution in [0, 0.1) is 5.95 Å². The van der Waals surface area contributed by atoms with E-state index in [-0.39, 0.29) is 5.75 Å². The van der Waals surface area contributed by atoms with E-state index in [4.69, 9.17) is 0 Å². The largest absolute Gasteiger partial charge is 0.508 e. The van der Waals surface area contributed by atoms with Crippen molar-refractivity contribution >= 4 is 11.5 Å². The number of hydrogen-bond acceptors (Lipinski definition) is 4. The van der Waals surface area contributed by atoms with Gasteiger partial charge in [-0.25, -0.2) is 4.98 Å². The number of anilines is 2. The third kappa shape index (κ3) is 2.66. The van der Waals surface area contributed by atoms with Crippen molar-refractivity contribution in [3.05, 3.63) is 48.4 Å². The van der Waals surface area contributed by atoms with E-state index in [0.717, 1.165) is 31.9 Å². The molecule has 1 aromatic carbocycles. The molecule has 104 valence electrons. The Morgan fingerprint density at radius 2 is 1.55 bits per heavy atom. The maximum atomic E-state index is 13.1. The van der Waals surface area contributed by atoms with Crippen LogP contribution >= 0.6 is 0 Å². The van der Waals surface area contributed by atoms with Gasteiger partial charge < -0.3 is 14.9 Å². The van der Waals surface area contributed by atoms with E-state index in [1.165, 1.54) is 6.07 Å². The van der Waals surface area contributed by atoms with E-state index >= 15 is 0 Å². The summed E-state index contributed by atoms with van der Waals surface area (Å²) < 4.78 is 13.1. The molecule has 0 saturated carbocycles. The van der Waals surface area contributed by atoms with E-state index in [2.05, 4.69) is 14.8 Å². The van der Waals surface area contributed by atoms with Gasteiger partial charge in [0, 0.05) is 31.9 Å². The van der Waals surface area contributed by atoms with Crippen LogP contribution in [-0.2, 0) is 0 Å². The second-order valence-corrected chi connectivity index (χ2v) is 4.81. The lowest BCUT2D eigenvalue weighted by Gasteiger charge is -2.36. The summed E-state index contributed by atoms with van der Waals surface area (Å²) in [7, 11) is 0. The minimum Gasteiger partial charge on any atom is -0.508 e. The quantitative estimate of drug-likeness (QED) is 0.852. The normalized spacial score (nSPS) is 15.4. The number of phenols is 1. The maximum Gasteiger partial charge on any atom is 0.214 e. The highest BCUT2D eigenvalue weighted by Gasteiger charge is 2.18. The highest BCUT2D eigenvalue weighted by Crippen LogP contribution is 2.21. The summed E-state index contributed by atoms with van der Waals surface area (Å²) in [5.74, 6) is 0.523. The Balaban J connectivity index is 1.66. The molecule has 3 rings (SSSR count). The lowest BCUT2D eigenvalue weighted by molar-refractivity contribution is 0.475. The zero-order chi connectivity index (χ0) is 13.9. The Hall–Kier alpha value is -2.30. The predicted octanol–water partition coefficient (Wildman–Crippen LogP) is 2.25. The summed E-state index contributed by atoms with van der Waals surface area (Å²) >= 11 is 0. The zero-order valence-corrected chi connectivity index (χ0v) is 11.0. The fraction of sp³-hybridized carbons (Fsp3) is 0.267. The molecule has 1 aliphatic heterocycles. The number of benzene rings is 1. The van der Waals surface area contributed by atoms with E-state index in [9.17, 15) is 9.50 Å². The topological polar surface area (TPSA) is 39.6 Å². The number of piperazine rings is 1. The highest BCUT2D eigenvalue weighted by atomic mass is 19.1. The molecule has 5 heteroatoms. The number of rotatable bonds is 2. The molecule has 1 aromatic heterocycles. The number of pyridine rings is 1. The van der Waals surface area contributed by atoms with Gasteiger partial charge in [0.05, 0.1) is 0 Å². The number of aromatic hydroxyl groups is 1. The van der Waals surface area contributed by atoms with Gasteiger partial charge in [-0.15, -0.1) is 0 Å². The lowest BCUT2D eigenvalue weighted by atomic mass is 10.2. The molecule has 0 spiro atoms. The first-order chi connectivity index (χ1) is 9.72. The summed E-state index contributed by atoms with van der Waals surface area (Å²) in [6.07, 6.45) is 0. The Kier molecular flexibility index (Phi) is 3.41. The Bertz CT molecular complexity index is 580. The zero-order valence-electron chi connectivity index (χ0n) is 11.0. The first-order valence-corrected chi connectivity index (χ1v) is 6.64. The minimum atomic E-state index is -0.441. The molecule has 1 fully saturated rings. The number of nitrogens with zero attached hydrogens (tertiary/aromatic N) is 3. The molecule has 2 heterocycles. The van der Waals surface area contributed by atoms with Crippen molar-refractivity contribution in [1.29, 1.82) is 0 Å². The van der Waals surface area contributed by atoms with E-state index in [1.807, 2.05) is 18.2 Å². The Labute approximate surface area is 117 Å². The third-order valence-electron chi connectivity index (χ3n) is 3.52. The number of aromatic nitrogens is 1. The van der Waals surface area contributed by atoms with Crippen LogP contribution in [-0.4, -0.2) is 36.3 Å². The summed E-state index contributed by atoms with van der Waals surface area (Å²) in [6.45, 7) is 3.31. The van der Waals surface area contributed by atoms with Crippen molar-refractivity contribution in [2.45, 2.75) is 0 Å². The summed E-state index contributed by atoms with van der Waals surface area (Å²) in [5.41, 5.74) is 1.09. The van der Waals surface area contributed by atoms with Crippen LogP contribution in [0.5, 0.6) is 5.75 Å². The van der Waals surface area contributed by atoms with Gasteiger partial charge in [-0.05, 0) is 36.4 Å². The molecule has 1 aliphatic rings. The van der Waals surface area contributed by atoms with Gasteiger partial charge in [0.1, 0.15) is 11.6 Å². The van der Waals surface area contributed by atoms with Crippen molar-refractivity contribution in [1.82, 2.24) is 4.98 Å². The molecule has 0 aliphatic carbocycles. The van der Waals surface area contributed by atoms with Crippen LogP contribution in [0.2, 0.25) is 0 Å². The van der Waals surface area contributed by atoms with Crippen LogP contribution in [0.15, 0.2) is 42.5 Å². The molecule has 0 unspecified atom stereocenters. The second kappa shape index (κ2) is 5.36. The van der Waals surface area contributed by atoms with Gasteiger partial charge in [0.25, 0.3) is 0 Å². The van der Waals surface area contributed by atoms with Gasteiger partial charge in [-0.2, -0.15) is 4.39 Å². The lowest BCUT2D eigenvalue weighted by Crippen LogP contribution is -2.46. The van der Waals surface area contributed by atoms with E-state index < -0.39 is 5.95 Å². The maximum absolute atomic E-state index is 13.1. The molecule has 2 aromatic rings. The molecule has 0 atom stereocenters. The van der Waals surface area contributed by atoms with Crippen LogP contribution in [0.3, 0.4) is 0 Å². The number of phenolic OH excluding ortho intramolecular Hbond substituents is 1. The summed E-state index contributed by atoms with van der Waals surface area (Å²) in [5, 5.41) is 9.30. The molecular formula is C15H16FN3O. The van der Waals surface area contributed by atoms with Crippen LogP contribution in [0.4, 0.5) is 15.9 Å². The second-order valence-electron chi connectivity index (χ2n) is 4.81. The van der Waals surface area contributed by atoms with Crippen molar-refractivity contribution in [3.8, 4) is 5.75 Å². The van der Waals surface area contributed by atoms with E-state index in [1.54, 1.807) is 18.2 Å². The average molecular weight is 273 g/mol. The van der Waals surface area contributed by atoms with Gasteiger partial charge in [-0.3, -0.25) is 0 Å². The third-order valence-corrected chi connectivity index (χ3v) is 3.52. The van der Waals surface area contributed by atoms with Crippen molar-refractivity contribution in [2.24, 2.45) is 0 Å². The molecule has 0 radical (unpaired) electrons. The Morgan fingerprint density at radius 3 is 2.20 bits per heavy atom. The highest BCUT2D eigenvalue weighted by molar-refractivity contribution is 5.51. The minimum absolute atomic E-state index is 0.274. The predicted molar refractivity (Wildman–Crippen MR) is 76.7 cm³/mol. The average Bonchev–Trinajstić information content (AvgIpc) is 2.48. The molecule has 0 amide bonds. The first kappa shape index (κ1) is 12.7. The molecule has 1 N–H and O–H groups in total. The molecule has 4 nitrogen and oxygen atoms in total. The fourth-order valence-corrected chi connectivity index (χ4v) is 2.43. The van der Waals surface area contributed by atoms with Crippen molar-refractivity contribution in [3.63, 3.8) is 0 Å². The SMILES string of the molecule is Oc1ccc(N2CCN(c3cccc(F)n3)CC2)cc1. The standard InChI is InChI=1S/C15H16FN3O/c16-14-2-1-3-15(17-14)19-10-8-18(9-11-19)12-4-6-13(20)7-5-12/h1-7,20H,8-11H2. The number of hydrogen-bond donors (Lipinski definition) is 1. The van der Waals surface area contributed by atoms with Gasteiger partial charge in [0.2, 0.25) is 5.95 Å². The van der Waals surface area contributed by atoms with Crippen LogP contribution in [0.25, 0.3) is 0 Å². The van der Waals surface area contributed by atoms with Crippen molar-refractivity contribution in [2.75, 3.05) is 36.0 Å². The summed E-state index contributed by atoms with van der Waals surface area (Å²) in [6, 6.07) is 12.1. The smallest absolute Gasteiger partial charge is 0.214 e. The molecule has 0 bridgehead atoms. The first-order valence-electron chi connectivity index (χ1n) is 6.64. The van der Waals surface area contributed by atoms with Crippen LogP contribution in [0.1, 0.15) is 0 Å². The molecule has 1 saturated heterocycles. The molecule has 20 heavy (non-hydrogen) atoms. The van der Waals surface area contributed by atoms with Crippen LogP contribution < -0.4 is 9.80 Å². The monoisotopic (exact) mass is 273 g/mol. The van der Waals surface area contributed by atoms with Gasteiger partial charge in [0.15, 0.2) is 0 Å². The van der Waals surface area contributed by atoms with Crippen molar-refractivity contribution < 1.29 is 9.50 Å². The Morgan fingerprint density at radius 1 is 0.900 bits per heavy atom.